The molecule has 0 saturated carbocycles. The fourth-order valence-corrected chi connectivity index (χ4v) is 1.41. The summed E-state index contributed by atoms with van der Waals surface area (Å²) >= 11 is 0. The maximum absolute atomic E-state index is 10.9. The number of pyridine rings is 1. The molecule has 0 aliphatic carbocycles. The molecule has 73 valence electrons. The molecule has 0 spiro atoms. The Hall–Kier alpha value is -0.796. The summed E-state index contributed by atoms with van der Waals surface area (Å²) in [4.78, 5) is 15.1. The van der Waals surface area contributed by atoms with E-state index < -0.39 is 5.97 Å². The largest absolute Gasteiger partial charge is 0.535 e. The summed E-state index contributed by atoms with van der Waals surface area (Å²) in [7, 11) is 0. The van der Waals surface area contributed by atoms with E-state index >= 15 is 0 Å². The van der Waals surface area contributed by atoms with Crippen LogP contribution in [0.25, 0.3) is 10.9 Å². The van der Waals surface area contributed by atoms with Gasteiger partial charge in [0.2, 0.25) is 5.97 Å². The molecule has 15 heavy (non-hydrogen) atoms. The molecule has 3 nitrogen and oxygen atoms in total. The van der Waals surface area contributed by atoms with Gasteiger partial charge in [0.1, 0.15) is 0 Å². The van der Waals surface area contributed by atoms with Crippen molar-refractivity contribution < 1.29 is 42.6 Å². The molecule has 1 N–H and O–H groups in total. The molecule has 0 fully saturated rings. The van der Waals surface area contributed by atoms with E-state index in [0.717, 1.165) is 0 Å². The predicted octanol–water partition coefficient (Wildman–Crippen LogP) is 2.04. The second kappa shape index (κ2) is 4.82. The number of carboxylic acid groups (broad SMARTS) is 1. The van der Waals surface area contributed by atoms with E-state index in [1.54, 1.807) is 25.1 Å². The molecule has 0 aliphatic rings. The molecule has 0 bridgehead atoms. The van der Waals surface area contributed by atoms with E-state index in [1.807, 2.05) is 6.07 Å². The standard InChI is InChI=1S/C11H8NO2.Y/c1-7-6-9(11(13)14)8-4-2-3-5-10(8)12-7;/h2-5H,1H3,(H,13,14);/q-1;. The Labute approximate surface area is 112 Å². The average Bonchev–Trinajstić information content (AvgIpc) is 2.16. The quantitative estimate of drug-likeness (QED) is 0.810. The van der Waals surface area contributed by atoms with Crippen LogP contribution in [0.4, 0.5) is 0 Å². The number of carboxylic acids is 1. The SMILES string of the molecule is Cc1[c-]c(C(=O)O)c2ccccc2n1.[Y]. The number of carbonyl (C=O) groups is 1. The van der Waals surface area contributed by atoms with Gasteiger partial charge in [0.05, 0.1) is 0 Å². The Balaban J connectivity index is 0.00000112. The minimum atomic E-state index is -0.966. The van der Waals surface area contributed by atoms with Crippen molar-refractivity contribution in [2.24, 2.45) is 0 Å². The van der Waals surface area contributed by atoms with Gasteiger partial charge in [0.25, 0.3) is 0 Å². The Bertz CT molecular complexity index is 511. The zero-order valence-electron chi connectivity index (χ0n) is 8.19. The number of hydrogen-bond acceptors (Lipinski definition) is 2. The molecule has 0 aliphatic heterocycles. The van der Waals surface area contributed by atoms with E-state index in [2.05, 4.69) is 11.1 Å². The smallest absolute Gasteiger partial charge is 0.218 e. The fourth-order valence-electron chi connectivity index (χ4n) is 1.41. The normalized spacial score (nSPS) is 9.67. The third-order valence-electron chi connectivity index (χ3n) is 1.98. The molecule has 0 unspecified atom stereocenters. The molecule has 0 saturated heterocycles. The second-order valence-electron chi connectivity index (χ2n) is 3.02. The Kier molecular flexibility index (Phi) is 3.94. The van der Waals surface area contributed by atoms with Gasteiger partial charge in [-0.2, -0.15) is 0 Å². The van der Waals surface area contributed by atoms with Crippen LogP contribution in [0, 0.1) is 13.0 Å². The fraction of sp³-hybridized carbons (Fsp3) is 0.0909. The zero-order valence-corrected chi connectivity index (χ0v) is 11.0. The van der Waals surface area contributed by atoms with Crippen LogP contribution in [0.15, 0.2) is 24.3 Å². The maximum atomic E-state index is 10.9. The van der Waals surface area contributed by atoms with Crippen LogP contribution in [-0.2, 0) is 32.7 Å². The molecule has 1 heterocycles. The molecule has 0 atom stereocenters. The number of para-hydroxylation sites is 1. The van der Waals surface area contributed by atoms with Crippen LogP contribution in [-0.4, -0.2) is 16.1 Å². The van der Waals surface area contributed by atoms with Crippen LogP contribution >= 0.6 is 0 Å². The summed E-state index contributed by atoms with van der Waals surface area (Å²) in [5.41, 5.74) is 1.48. The third-order valence-corrected chi connectivity index (χ3v) is 1.98. The van der Waals surface area contributed by atoms with Crippen molar-refractivity contribution in [1.29, 1.82) is 0 Å². The molecule has 1 radical (unpaired) electrons. The number of fused-ring (bicyclic) bond motifs is 1. The third kappa shape index (κ3) is 2.41. The number of aromatic carboxylic acids is 1. The first-order valence-electron chi connectivity index (χ1n) is 4.20. The average molecular weight is 275 g/mol. The topological polar surface area (TPSA) is 50.2 Å². The van der Waals surface area contributed by atoms with Crippen LogP contribution < -0.4 is 0 Å². The Morgan fingerprint density at radius 1 is 1.40 bits per heavy atom. The molecule has 1 aromatic carbocycles. The van der Waals surface area contributed by atoms with Gasteiger partial charge in [0, 0.05) is 38.2 Å². The predicted molar refractivity (Wildman–Crippen MR) is 52.3 cm³/mol. The van der Waals surface area contributed by atoms with Crippen molar-refractivity contribution in [3.05, 3.63) is 41.6 Å². The van der Waals surface area contributed by atoms with Crippen molar-refractivity contribution in [1.82, 2.24) is 4.98 Å². The van der Waals surface area contributed by atoms with Gasteiger partial charge >= 0.3 is 0 Å². The van der Waals surface area contributed by atoms with Gasteiger partial charge in [-0.3, -0.25) is 4.98 Å². The second-order valence-corrected chi connectivity index (χ2v) is 3.02. The summed E-state index contributed by atoms with van der Waals surface area (Å²) in [5, 5.41) is 9.58. The van der Waals surface area contributed by atoms with Gasteiger partial charge in [-0.1, -0.05) is 23.1 Å². The summed E-state index contributed by atoms with van der Waals surface area (Å²) in [6.45, 7) is 1.74. The van der Waals surface area contributed by atoms with E-state index in [9.17, 15) is 4.79 Å². The number of rotatable bonds is 1. The van der Waals surface area contributed by atoms with Crippen LogP contribution in [0.1, 0.15) is 16.1 Å². The summed E-state index contributed by atoms with van der Waals surface area (Å²) in [5.74, 6) is -0.966. The van der Waals surface area contributed by atoms with E-state index in [0.29, 0.717) is 16.6 Å². The molecule has 2 rings (SSSR count). The minimum absolute atomic E-state index is 0. The van der Waals surface area contributed by atoms with Crippen molar-refractivity contribution in [3.63, 3.8) is 0 Å². The van der Waals surface area contributed by atoms with E-state index in [4.69, 9.17) is 5.11 Å². The van der Waals surface area contributed by atoms with E-state index in [1.165, 1.54) is 0 Å². The van der Waals surface area contributed by atoms with E-state index in [-0.39, 0.29) is 38.3 Å². The summed E-state index contributed by atoms with van der Waals surface area (Å²) in [6, 6.07) is 9.90. The number of aromatic nitrogens is 1. The number of hydrogen-bond donors (Lipinski definition) is 1. The number of aryl methyl sites for hydroxylation is 1. The summed E-state index contributed by atoms with van der Waals surface area (Å²) in [6.07, 6.45) is 0. The first-order valence-corrected chi connectivity index (χ1v) is 4.20. The number of benzene rings is 1. The van der Waals surface area contributed by atoms with Gasteiger partial charge in [-0.15, -0.1) is 12.1 Å². The van der Waals surface area contributed by atoms with Gasteiger partial charge < -0.3 is 9.90 Å². The monoisotopic (exact) mass is 275 g/mol. The van der Waals surface area contributed by atoms with Crippen molar-refractivity contribution in [3.8, 4) is 0 Å². The molecule has 1 aromatic heterocycles. The molecular formula is C11H8NO2Y-. The Morgan fingerprint density at radius 2 is 2.07 bits per heavy atom. The molecular weight excluding hydrogens is 267 g/mol. The van der Waals surface area contributed by atoms with Crippen LogP contribution in [0.2, 0.25) is 0 Å². The molecule has 0 amide bonds. The van der Waals surface area contributed by atoms with Crippen molar-refractivity contribution >= 4 is 16.9 Å². The minimum Gasteiger partial charge on any atom is -0.535 e. The summed E-state index contributed by atoms with van der Waals surface area (Å²) < 4.78 is 0. The zero-order chi connectivity index (χ0) is 10.1. The molecule has 2 aromatic rings. The van der Waals surface area contributed by atoms with Gasteiger partial charge in [0.15, 0.2) is 0 Å². The van der Waals surface area contributed by atoms with Crippen LogP contribution in [0.5, 0.6) is 0 Å². The van der Waals surface area contributed by atoms with Crippen LogP contribution in [0.3, 0.4) is 0 Å². The Morgan fingerprint density at radius 3 is 2.73 bits per heavy atom. The number of nitrogens with zero attached hydrogens (tertiary/aromatic N) is 1. The van der Waals surface area contributed by atoms with Gasteiger partial charge in [-0.05, 0) is 18.7 Å². The first-order chi connectivity index (χ1) is 6.68. The van der Waals surface area contributed by atoms with Crippen molar-refractivity contribution in [2.45, 2.75) is 6.92 Å². The van der Waals surface area contributed by atoms with Gasteiger partial charge in [-0.25, -0.2) is 0 Å². The van der Waals surface area contributed by atoms with Crippen molar-refractivity contribution in [2.75, 3.05) is 0 Å². The first kappa shape index (κ1) is 12.3. The maximum Gasteiger partial charge on any atom is 0.218 e. The molecule has 4 heteroatoms.